The third kappa shape index (κ3) is 2.96. The van der Waals surface area contributed by atoms with Gasteiger partial charge in [-0.15, -0.1) is 6.58 Å². The van der Waals surface area contributed by atoms with Gasteiger partial charge in [0.1, 0.15) is 0 Å². The number of aromatic nitrogens is 1. The molecule has 0 amide bonds. The molecule has 2 N–H and O–H groups in total. The zero-order chi connectivity index (χ0) is 10.6. The SMILES string of the molecule is C=C(C)CCC(N)c1cccnc1C. The van der Waals surface area contributed by atoms with Gasteiger partial charge in [0.05, 0.1) is 0 Å². The normalized spacial score (nSPS) is 12.5. The molecule has 2 heteroatoms. The number of pyridine rings is 1. The van der Waals surface area contributed by atoms with Crippen LogP contribution in [0.25, 0.3) is 0 Å². The van der Waals surface area contributed by atoms with E-state index < -0.39 is 0 Å². The van der Waals surface area contributed by atoms with E-state index in [1.807, 2.05) is 26.0 Å². The number of nitrogens with two attached hydrogens (primary N) is 1. The molecule has 1 heterocycles. The van der Waals surface area contributed by atoms with E-state index in [2.05, 4.69) is 11.6 Å². The Hall–Kier alpha value is -1.15. The predicted molar refractivity (Wildman–Crippen MR) is 60.0 cm³/mol. The molecule has 14 heavy (non-hydrogen) atoms. The first-order chi connectivity index (χ1) is 6.61. The van der Waals surface area contributed by atoms with Crippen LogP contribution >= 0.6 is 0 Å². The quantitative estimate of drug-likeness (QED) is 0.741. The van der Waals surface area contributed by atoms with Crippen molar-refractivity contribution < 1.29 is 0 Å². The summed E-state index contributed by atoms with van der Waals surface area (Å²) in [7, 11) is 0. The van der Waals surface area contributed by atoms with Crippen LogP contribution in [0, 0.1) is 6.92 Å². The van der Waals surface area contributed by atoms with Crippen molar-refractivity contribution in [1.82, 2.24) is 4.98 Å². The number of hydrogen-bond acceptors (Lipinski definition) is 2. The Morgan fingerprint density at radius 3 is 2.93 bits per heavy atom. The van der Waals surface area contributed by atoms with Crippen LogP contribution in [0.3, 0.4) is 0 Å². The summed E-state index contributed by atoms with van der Waals surface area (Å²) in [5, 5.41) is 0. The van der Waals surface area contributed by atoms with E-state index in [1.54, 1.807) is 6.20 Å². The van der Waals surface area contributed by atoms with Crippen molar-refractivity contribution >= 4 is 0 Å². The number of nitrogens with zero attached hydrogens (tertiary/aromatic N) is 1. The Morgan fingerprint density at radius 2 is 2.36 bits per heavy atom. The second-order valence-corrected chi connectivity index (χ2v) is 3.78. The molecule has 1 aromatic rings. The molecule has 1 unspecified atom stereocenters. The van der Waals surface area contributed by atoms with Gasteiger partial charge in [-0.1, -0.05) is 11.6 Å². The van der Waals surface area contributed by atoms with Crippen molar-refractivity contribution in [2.24, 2.45) is 5.73 Å². The van der Waals surface area contributed by atoms with Crippen LogP contribution in [0.5, 0.6) is 0 Å². The van der Waals surface area contributed by atoms with Crippen LogP contribution in [0.4, 0.5) is 0 Å². The topological polar surface area (TPSA) is 38.9 Å². The van der Waals surface area contributed by atoms with E-state index in [0.717, 1.165) is 24.1 Å². The zero-order valence-electron chi connectivity index (χ0n) is 8.96. The molecule has 0 aliphatic carbocycles. The van der Waals surface area contributed by atoms with Gasteiger partial charge in [0, 0.05) is 17.9 Å². The van der Waals surface area contributed by atoms with Gasteiger partial charge in [-0.2, -0.15) is 0 Å². The summed E-state index contributed by atoms with van der Waals surface area (Å²) in [6.07, 6.45) is 3.72. The summed E-state index contributed by atoms with van der Waals surface area (Å²) < 4.78 is 0. The molecule has 0 spiro atoms. The largest absolute Gasteiger partial charge is 0.324 e. The maximum absolute atomic E-state index is 6.06. The first-order valence-electron chi connectivity index (χ1n) is 4.92. The molecule has 1 rings (SSSR count). The third-order valence-electron chi connectivity index (χ3n) is 2.33. The zero-order valence-corrected chi connectivity index (χ0v) is 8.96. The Morgan fingerprint density at radius 1 is 1.64 bits per heavy atom. The minimum atomic E-state index is 0.0837. The van der Waals surface area contributed by atoms with Crippen molar-refractivity contribution in [3.8, 4) is 0 Å². The standard InChI is InChI=1S/C12H18N2/c1-9(2)6-7-12(13)11-5-4-8-14-10(11)3/h4-5,8,12H,1,6-7,13H2,2-3H3. The van der Waals surface area contributed by atoms with Crippen molar-refractivity contribution in [2.75, 3.05) is 0 Å². The summed E-state index contributed by atoms with van der Waals surface area (Å²) in [6.45, 7) is 7.90. The Balaban J connectivity index is 2.65. The fourth-order valence-corrected chi connectivity index (χ4v) is 1.45. The summed E-state index contributed by atoms with van der Waals surface area (Å²) in [5.74, 6) is 0. The van der Waals surface area contributed by atoms with Crippen LogP contribution in [-0.4, -0.2) is 4.98 Å². The van der Waals surface area contributed by atoms with Crippen LogP contribution in [0.15, 0.2) is 30.5 Å². The van der Waals surface area contributed by atoms with Crippen LogP contribution in [-0.2, 0) is 0 Å². The maximum atomic E-state index is 6.06. The minimum Gasteiger partial charge on any atom is -0.324 e. The van der Waals surface area contributed by atoms with Crippen molar-refractivity contribution in [3.05, 3.63) is 41.7 Å². The Labute approximate surface area is 85.9 Å². The highest BCUT2D eigenvalue weighted by Crippen LogP contribution is 2.19. The average molecular weight is 190 g/mol. The van der Waals surface area contributed by atoms with E-state index in [0.29, 0.717) is 0 Å². The van der Waals surface area contributed by atoms with Crippen molar-refractivity contribution in [2.45, 2.75) is 32.7 Å². The predicted octanol–water partition coefficient (Wildman–Crippen LogP) is 2.75. The molecule has 0 radical (unpaired) electrons. The third-order valence-corrected chi connectivity index (χ3v) is 2.33. The number of aryl methyl sites for hydroxylation is 1. The van der Waals surface area contributed by atoms with Crippen LogP contribution in [0.2, 0.25) is 0 Å². The van der Waals surface area contributed by atoms with Crippen LogP contribution < -0.4 is 5.73 Å². The highest BCUT2D eigenvalue weighted by molar-refractivity contribution is 5.22. The molecule has 0 saturated carbocycles. The fraction of sp³-hybridized carbons (Fsp3) is 0.417. The van der Waals surface area contributed by atoms with E-state index in [4.69, 9.17) is 5.73 Å². The van der Waals surface area contributed by atoms with Gasteiger partial charge in [-0.05, 0) is 38.3 Å². The fourth-order valence-electron chi connectivity index (χ4n) is 1.45. The van der Waals surface area contributed by atoms with Gasteiger partial charge < -0.3 is 5.73 Å². The molecule has 0 fully saturated rings. The van der Waals surface area contributed by atoms with Crippen LogP contribution in [0.1, 0.15) is 37.1 Å². The molecule has 0 aliphatic rings. The molecular formula is C12H18N2. The molecule has 1 atom stereocenters. The maximum Gasteiger partial charge on any atom is 0.0420 e. The molecular weight excluding hydrogens is 172 g/mol. The average Bonchev–Trinajstić information content (AvgIpc) is 2.15. The minimum absolute atomic E-state index is 0.0837. The summed E-state index contributed by atoms with van der Waals surface area (Å²) in [5.41, 5.74) is 9.42. The highest BCUT2D eigenvalue weighted by atomic mass is 14.7. The van der Waals surface area contributed by atoms with E-state index in [9.17, 15) is 0 Å². The van der Waals surface area contributed by atoms with Gasteiger partial charge in [-0.25, -0.2) is 0 Å². The van der Waals surface area contributed by atoms with E-state index in [1.165, 1.54) is 5.57 Å². The van der Waals surface area contributed by atoms with Gasteiger partial charge in [0.25, 0.3) is 0 Å². The number of rotatable bonds is 4. The Bertz CT molecular complexity index is 318. The molecule has 0 saturated heterocycles. The molecule has 1 aromatic heterocycles. The van der Waals surface area contributed by atoms with E-state index in [-0.39, 0.29) is 6.04 Å². The molecule has 0 aliphatic heterocycles. The number of hydrogen-bond donors (Lipinski definition) is 1. The Kier molecular flexibility index (Phi) is 3.84. The lowest BCUT2D eigenvalue weighted by atomic mass is 10.00. The second-order valence-electron chi connectivity index (χ2n) is 3.78. The number of allylic oxidation sites excluding steroid dienone is 1. The summed E-state index contributed by atoms with van der Waals surface area (Å²) in [6, 6.07) is 4.06. The summed E-state index contributed by atoms with van der Waals surface area (Å²) in [4.78, 5) is 4.22. The molecule has 0 aromatic carbocycles. The van der Waals surface area contributed by atoms with Gasteiger partial charge >= 0.3 is 0 Å². The summed E-state index contributed by atoms with van der Waals surface area (Å²) >= 11 is 0. The van der Waals surface area contributed by atoms with Gasteiger partial charge in [-0.3, -0.25) is 4.98 Å². The lowest BCUT2D eigenvalue weighted by Crippen LogP contribution is -2.12. The molecule has 2 nitrogen and oxygen atoms in total. The van der Waals surface area contributed by atoms with Gasteiger partial charge in [0.15, 0.2) is 0 Å². The molecule has 0 bridgehead atoms. The second kappa shape index (κ2) is 4.91. The molecule has 76 valence electrons. The van der Waals surface area contributed by atoms with E-state index >= 15 is 0 Å². The smallest absolute Gasteiger partial charge is 0.0420 e. The van der Waals surface area contributed by atoms with Crippen molar-refractivity contribution in [3.63, 3.8) is 0 Å². The lowest BCUT2D eigenvalue weighted by molar-refractivity contribution is 0.642. The van der Waals surface area contributed by atoms with Crippen molar-refractivity contribution in [1.29, 1.82) is 0 Å². The first-order valence-corrected chi connectivity index (χ1v) is 4.92. The first kappa shape index (κ1) is 10.9. The van der Waals surface area contributed by atoms with Gasteiger partial charge in [0.2, 0.25) is 0 Å². The monoisotopic (exact) mass is 190 g/mol. The lowest BCUT2D eigenvalue weighted by Gasteiger charge is -2.13. The highest BCUT2D eigenvalue weighted by Gasteiger charge is 2.08.